The molecule has 0 aliphatic carbocycles. The number of fused-ring (bicyclic) bond motifs is 1. The first-order valence-corrected chi connectivity index (χ1v) is 14.4. The van der Waals surface area contributed by atoms with Crippen LogP contribution in [-0.2, 0) is 6.54 Å². The molecule has 0 atom stereocenters. The number of nitrogens with zero attached hydrogens (tertiary/aromatic N) is 2. The van der Waals surface area contributed by atoms with Crippen LogP contribution in [0, 0.1) is 5.82 Å². The molecule has 0 amide bonds. The molecule has 3 aromatic carbocycles. The third kappa shape index (κ3) is 6.92. The van der Waals surface area contributed by atoms with Gasteiger partial charge < -0.3 is 34.0 Å². The molecule has 1 fully saturated rings. The maximum Gasteiger partial charge on any atom is 0.298 e. The molecule has 0 bridgehead atoms. The Bertz CT molecular complexity index is 1390. The van der Waals surface area contributed by atoms with Gasteiger partial charge in [-0.1, -0.05) is 12.1 Å². The summed E-state index contributed by atoms with van der Waals surface area (Å²) in [6, 6.07) is 16.9. The van der Waals surface area contributed by atoms with E-state index in [1.54, 1.807) is 12.1 Å². The van der Waals surface area contributed by atoms with Crippen molar-refractivity contribution in [3.63, 3.8) is 0 Å². The lowest BCUT2D eigenvalue weighted by atomic mass is 9.99. The minimum absolute atomic E-state index is 0.0858. The predicted octanol–water partition coefficient (Wildman–Crippen LogP) is 5.95. The lowest BCUT2D eigenvalue weighted by molar-refractivity contribution is 0.233. The van der Waals surface area contributed by atoms with Crippen LogP contribution in [0.5, 0.6) is 17.2 Å². The molecular weight excluding hydrogens is 525 g/mol. The molecule has 9 heteroatoms. The van der Waals surface area contributed by atoms with Crippen LogP contribution in [-0.4, -0.2) is 55.6 Å². The molecular formula is C32H38FN3O5. The second-order valence-electron chi connectivity index (χ2n) is 10.0. The number of nitrogens with one attached hydrogen (secondary N) is 1. The number of rotatable bonds is 13. The van der Waals surface area contributed by atoms with E-state index in [1.165, 1.54) is 12.1 Å². The Morgan fingerprint density at radius 2 is 1.68 bits per heavy atom. The Hall–Kier alpha value is -3.82. The van der Waals surface area contributed by atoms with Gasteiger partial charge in [0.05, 0.1) is 25.4 Å². The zero-order chi connectivity index (χ0) is 28.6. The summed E-state index contributed by atoms with van der Waals surface area (Å²) in [5.74, 6) is 1.78. The molecule has 218 valence electrons. The summed E-state index contributed by atoms with van der Waals surface area (Å²) in [6.07, 6.45) is 2.48. The van der Waals surface area contributed by atoms with Gasteiger partial charge in [-0.15, -0.1) is 0 Å². The van der Waals surface area contributed by atoms with Gasteiger partial charge in [0.2, 0.25) is 0 Å². The maximum atomic E-state index is 13.7. The van der Waals surface area contributed by atoms with E-state index in [2.05, 4.69) is 10.2 Å². The Labute approximate surface area is 240 Å². The van der Waals surface area contributed by atoms with E-state index in [9.17, 15) is 4.39 Å². The van der Waals surface area contributed by atoms with Gasteiger partial charge in [0.25, 0.3) is 6.01 Å². The fraction of sp³-hybridized carbons (Fsp3) is 0.406. The van der Waals surface area contributed by atoms with E-state index in [0.717, 1.165) is 48.1 Å². The van der Waals surface area contributed by atoms with Crippen molar-refractivity contribution in [1.82, 2.24) is 10.3 Å². The van der Waals surface area contributed by atoms with Crippen molar-refractivity contribution < 1.29 is 28.1 Å². The van der Waals surface area contributed by atoms with Gasteiger partial charge in [0, 0.05) is 31.7 Å². The SMILES string of the molecule is CCOc1cc(CN(c2nc3cc(OCCCO)ccc3o2)C2CCNCC2)cc(OCC)c1-c1ccc(F)cc1. The van der Waals surface area contributed by atoms with Gasteiger partial charge in [0.1, 0.15) is 28.6 Å². The van der Waals surface area contributed by atoms with Crippen LogP contribution in [0.1, 0.15) is 38.7 Å². The number of aliphatic hydroxyl groups is 1. The molecule has 0 radical (unpaired) electrons. The number of piperidine rings is 1. The Morgan fingerprint density at radius 3 is 2.34 bits per heavy atom. The van der Waals surface area contributed by atoms with Crippen LogP contribution < -0.4 is 24.4 Å². The molecule has 5 rings (SSSR count). The number of anilines is 1. The number of hydrogen-bond donors (Lipinski definition) is 2. The lowest BCUT2D eigenvalue weighted by Crippen LogP contribution is -2.43. The Balaban J connectivity index is 1.51. The molecule has 0 saturated carbocycles. The minimum atomic E-state index is -0.291. The molecule has 1 aromatic heterocycles. The minimum Gasteiger partial charge on any atom is -0.493 e. The van der Waals surface area contributed by atoms with E-state index in [0.29, 0.717) is 61.6 Å². The van der Waals surface area contributed by atoms with Crippen molar-refractivity contribution in [3.05, 3.63) is 66.0 Å². The normalized spacial score (nSPS) is 13.9. The number of oxazole rings is 1. The van der Waals surface area contributed by atoms with Crippen molar-refractivity contribution >= 4 is 17.1 Å². The third-order valence-electron chi connectivity index (χ3n) is 7.13. The number of halogens is 1. The van der Waals surface area contributed by atoms with Crippen LogP contribution in [0.2, 0.25) is 0 Å². The topological polar surface area (TPSA) is 89.2 Å². The molecule has 2 N–H and O–H groups in total. The fourth-order valence-electron chi connectivity index (χ4n) is 5.21. The smallest absolute Gasteiger partial charge is 0.298 e. The first kappa shape index (κ1) is 28.7. The average Bonchev–Trinajstić information content (AvgIpc) is 3.41. The number of ether oxygens (including phenoxy) is 3. The van der Waals surface area contributed by atoms with Gasteiger partial charge in [-0.3, -0.25) is 0 Å². The van der Waals surface area contributed by atoms with Crippen LogP contribution in [0.4, 0.5) is 10.4 Å². The molecule has 0 spiro atoms. The highest BCUT2D eigenvalue weighted by atomic mass is 19.1. The van der Waals surface area contributed by atoms with E-state index in [1.807, 2.05) is 44.2 Å². The number of aliphatic hydroxyl groups excluding tert-OH is 1. The van der Waals surface area contributed by atoms with Gasteiger partial charge in [-0.2, -0.15) is 4.98 Å². The molecule has 1 aliphatic heterocycles. The van der Waals surface area contributed by atoms with Crippen molar-refractivity contribution in [2.24, 2.45) is 0 Å². The molecule has 41 heavy (non-hydrogen) atoms. The molecule has 4 aromatic rings. The van der Waals surface area contributed by atoms with Crippen LogP contribution >= 0.6 is 0 Å². The van der Waals surface area contributed by atoms with E-state index in [4.69, 9.17) is 28.7 Å². The van der Waals surface area contributed by atoms with Crippen molar-refractivity contribution in [2.45, 2.75) is 45.7 Å². The van der Waals surface area contributed by atoms with Crippen molar-refractivity contribution in [3.8, 4) is 28.4 Å². The molecule has 2 heterocycles. The second-order valence-corrected chi connectivity index (χ2v) is 10.0. The molecule has 8 nitrogen and oxygen atoms in total. The quantitative estimate of drug-likeness (QED) is 0.193. The highest BCUT2D eigenvalue weighted by Gasteiger charge is 2.27. The van der Waals surface area contributed by atoms with E-state index < -0.39 is 0 Å². The molecule has 0 unspecified atom stereocenters. The van der Waals surface area contributed by atoms with Gasteiger partial charge >= 0.3 is 0 Å². The second kappa shape index (κ2) is 13.7. The predicted molar refractivity (Wildman–Crippen MR) is 157 cm³/mol. The van der Waals surface area contributed by atoms with Crippen molar-refractivity contribution in [1.29, 1.82) is 0 Å². The molecule has 1 aliphatic rings. The zero-order valence-electron chi connectivity index (χ0n) is 23.7. The number of benzene rings is 3. The maximum absolute atomic E-state index is 13.7. The lowest BCUT2D eigenvalue weighted by Gasteiger charge is -2.34. The van der Waals surface area contributed by atoms with Gasteiger partial charge in [0.15, 0.2) is 5.58 Å². The number of hydrogen-bond acceptors (Lipinski definition) is 8. The standard InChI is InChI=1S/C32H38FN3O5/c1-3-38-29-18-22(19-30(39-4-2)31(29)23-6-8-24(33)9-7-23)21-36(25-12-14-34-15-13-25)32-35-27-20-26(40-17-5-16-37)10-11-28(27)41-32/h6-11,18-20,25,34,37H,3-5,12-17,21H2,1-2H3. The Morgan fingerprint density at radius 1 is 0.976 bits per heavy atom. The highest BCUT2D eigenvalue weighted by Crippen LogP contribution is 2.41. The summed E-state index contributed by atoms with van der Waals surface area (Å²) in [6.45, 7) is 7.76. The molecule has 1 saturated heterocycles. The Kier molecular flexibility index (Phi) is 9.59. The van der Waals surface area contributed by atoms with E-state index in [-0.39, 0.29) is 18.5 Å². The first-order chi connectivity index (χ1) is 20.1. The zero-order valence-corrected chi connectivity index (χ0v) is 23.7. The summed E-state index contributed by atoms with van der Waals surface area (Å²) in [7, 11) is 0. The summed E-state index contributed by atoms with van der Waals surface area (Å²) >= 11 is 0. The summed E-state index contributed by atoms with van der Waals surface area (Å²) in [5.41, 5.74) is 4.04. The van der Waals surface area contributed by atoms with Crippen LogP contribution in [0.3, 0.4) is 0 Å². The summed E-state index contributed by atoms with van der Waals surface area (Å²) < 4.78 is 38.0. The number of aromatic nitrogens is 1. The van der Waals surface area contributed by atoms with Crippen molar-refractivity contribution in [2.75, 3.05) is 44.4 Å². The van der Waals surface area contributed by atoms with Gasteiger partial charge in [-0.25, -0.2) is 4.39 Å². The largest absolute Gasteiger partial charge is 0.493 e. The first-order valence-electron chi connectivity index (χ1n) is 14.4. The fourth-order valence-corrected chi connectivity index (χ4v) is 5.21. The average molecular weight is 564 g/mol. The van der Waals surface area contributed by atoms with E-state index >= 15 is 0 Å². The highest BCUT2D eigenvalue weighted by molar-refractivity contribution is 5.78. The van der Waals surface area contributed by atoms with Crippen LogP contribution in [0.15, 0.2) is 59.0 Å². The third-order valence-corrected chi connectivity index (χ3v) is 7.13. The van der Waals surface area contributed by atoms with Crippen LogP contribution in [0.25, 0.3) is 22.2 Å². The summed E-state index contributed by atoms with van der Waals surface area (Å²) in [5, 5.41) is 12.5. The van der Waals surface area contributed by atoms with Gasteiger partial charge in [-0.05, 0) is 87.3 Å². The monoisotopic (exact) mass is 563 g/mol. The summed E-state index contributed by atoms with van der Waals surface area (Å²) in [4.78, 5) is 7.10.